The highest BCUT2D eigenvalue weighted by Crippen LogP contribution is 2.18. The van der Waals surface area contributed by atoms with Gasteiger partial charge in [0.05, 0.1) is 6.42 Å². The van der Waals surface area contributed by atoms with E-state index in [1.807, 2.05) is 0 Å². The molecule has 0 radical (unpaired) electrons. The Labute approximate surface area is 91.5 Å². The molecular formula is C11H13F4N. The summed E-state index contributed by atoms with van der Waals surface area (Å²) in [5, 5.41) is 2.62. The molecule has 0 aliphatic carbocycles. The van der Waals surface area contributed by atoms with Crippen LogP contribution in [0.15, 0.2) is 18.2 Å². The predicted molar refractivity (Wildman–Crippen MR) is 53.5 cm³/mol. The minimum atomic E-state index is -4.15. The van der Waals surface area contributed by atoms with E-state index in [9.17, 15) is 17.6 Å². The van der Waals surface area contributed by atoms with Crippen LogP contribution in [0.1, 0.15) is 17.5 Å². The van der Waals surface area contributed by atoms with E-state index in [4.69, 9.17) is 0 Å². The zero-order valence-electron chi connectivity index (χ0n) is 8.87. The number of hydrogen-bond donors (Lipinski definition) is 1. The molecule has 0 bridgehead atoms. The molecule has 16 heavy (non-hydrogen) atoms. The highest BCUT2D eigenvalue weighted by molar-refractivity contribution is 5.23. The lowest BCUT2D eigenvalue weighted by atomic mass is 10.1. The van der Waals surface area contributed by atoms with Crippen LogP contribution in [0.4, 0.5) is 17.6 Å². The third-order valence-corrected chi connectivity index (χ3v) is 2.15. The van der Waals surface area contributed by atoms with E-state index in [1.165, 1.54) is 6.07 Å². The van der Waals surface area contributed by atoms with Gasteiger partial charge in [-0.25, -0.2) is 4.39 Å². The fourth-order valence-corrected chi connectivity index (χ4v) is 1.21. The van der Waals surface area contributed by atoms with Gasteiger partial charge in [0.2, 0.25) is 0 Å². The monoisotopic (exact) mass is 235 g/mol. The maximum absolute atomic E-state index is 13.1. The Kier molecular flexibility index (Phi) is 4.29. The number of hydrogen-bond acceptors (Lipinski definition) is 1. The zero-order chi connectivity index (χ0) is 12.2. The van der Waals surface area contributed by atoms with Crippen molar-refractivity contribution in [3.05, 3.63) is 35.1 Å². The van der Waals surface area contributed by atoms with Crippen molar-refractivity contribution < 1.29 is 17.6 Å². The second-order valence-corrected chi connectivity index (χ2v) is 3.63. The van der Waals surface area contributed by atoms with Crippen LogP contribution in [0, 0.1) is 12.7 Å². The summed E-state index contributed by atoms with van der Waals surface area (Å²) in [5.41, 5.74) is 1.17. The summed E-state index contributed by atoms with van der Waals surface area (Å²) in [5.74, 6) is -0.338. The van der Waals surface area contributed by atoms with Gasteiger partial charge < -0.3 is 5.32 Å². The summed E-state index contributed by atoms with van der Waals surface area (Å²) in [7, 11) is 0. The van der Waals surface area contributed by atoms with Crippen LogP contribution in [-0.4, -0.2) is 12.7 Å². The maximum atomic E-state index is 13.1. The van der Waals surface area contributed by atoms with Crippen LogP contribution in [0.3, 0.4) is 0 Å². The van der Waals surface area contributed by atoms with Crippen LogP contribution < -0.4 is 5.32 Å². The minimum absolute atomic E-state index is 0.154. The van der Waals surface area contributed by atoms with Crippen LogP contribution >= 0.6 is 0 Å². The van der Waals surface area contributed by atoms with E-state index in [0.717, 1.165) is 0 Å². The molecule has 1 aromatic rings. The first-order chi connectivity index (χ1) is 7.38. The molecule has 1 N–H and O–H groups in total. The first kappa shape index (κ1) is 13.0. The molecule has 0 amide bonds. The van der Waals surface area contributed by atoms with Crippen molar-refractivity contribution >= 4 is 0 Å². The summed E-state index contributed by atoms with van der Waals surface area (Å²) in [6, 6.07) is 4.63. The molecule has 90 valence electrons. The van der Waals surface area contributed by atoms with Crippen molar-refractivity contribution in [1.82, 2.24) is 5.32 Å². The molecule has 5 heteroatoms. The normalized spacial score (nSPS) is 11.8. The molecule has 0 heterocycles. The van der Waals surface area contributed by atoms with Gasteiger partial charge in [0, 0.05) is 13.1 Å². The summed E-state index contributed by atoms with van der Waals surface area (Å²) < 4.78 is 48.5. The van der Waals surface area contributed by atoms with Gasteiger partial charge in [-0.2, -0.15) is 13.2 Å². The van der Waals surface area contributed by atoms with Crippen molar-refractivity contribution in [3.8, 4) is 0 Å². The Morgan fingerprint density at radius 3 is 2.50 bits per heavy atom. The molecule has 1 rings (SSSR count). The van der Waals surface area contributed by atoms with E-state index in [0.29, 0.717) is 11.1 Å². The molecule has 0 aromatic heterocycles. The Hall–Kier alpha value is -1.10. The second kappa shape index (κ2) is 5.30. The number of halogens is 4. The molecule has 0 saturated heterocycles. The van der Waals surface area contributed by atoms with Gasteiger partial charge in [0.25, 0.3) is 0 Å². The van der Waals surface area contributed by atoms with Gasteiger partial charge in [-0.3, -0.25) is 0 Å². The minimum Gasteiger partial charge on any atom is -0.312 e. The number of aryl methyl sites for hydroxylation is 1. The fourth-order valence-electron chi connectivity index (χ4n) is 1.21. The number of rotatable bonds is 4. The molecule has 0 unspecified atom stereocenters. The standard InChI is InChI=1S/C11H13F4N/c1-8-2-3-9(6-10(8)12)7-16-5-4-11(13,14)15/h2-3,6,16H,4-5,7H2,1H3. The van der Waals surface area contributed by atoms with Crippen molar-refractivity contribution in [2.75, 3.05) is 6.54 Å². The van der Waals surface area contributed by atoms with Crippen molar-refractivity contribution in [2.24, 2.45) is 0 Å². The summed E-state index contributed by atoms with van der Waals surface area (Å²) >= 11 is 0. The lowest BCUT2D eigenvalue weighted by molar-refractivity contribution is -0.133. The smallest absolute Gasteiger partial charge is 0.312 e. The quantitative estimate of drug-likeness (QED) is 0.624. The molecule has 0 spiro atoms. The molecule has 0 aliphatic rings. The molecule has 1 aromatic carbocycles. The Balaban J connectivity index is 2.35. The van der Waals surface area contributed by atoms with Gasteiger partial charge in [0.15, 0.2) is 0 Å². The lowest BCUT2D eigenvalue weighted by Crippen LogP contribution is -2.21. The zero-order valence-corrected chi connectivity index (χ0v) is 8.87. The Morgan fingerprint density at radius 2 is 1.94 bits per heavy atom. The van der Waals surface area contributed by atoms with Crippen molar-refractivity contribution in [2.45, 2.75) is 26.1 Å². The van der Waals surface area contributed by atoms with E-state index in [1.54, 1.807) is 19.1 Å². The molecule has 0 fully saturated rings. The SMILES string of the molecule is Cc1ccc(CNCCC(F)(F)F)cc1F. The van der Waals surface area contributed by atoms with E-state index in [2.05, 4.69) is 5.32 Å². The largest absolute Gasteiger partial charge is 0.390 e. The van der Waals surface area contributed by atoms with Crippen molar-refractivity contribution in [1.29, 1.82) is 0 Å². The molecule has 0 aliphatic heterocycles. The average Bonchev–Trinajstić information content (AvgIpc) is 2.17. The van der Waals surface area contributed by atoms with Crippen LogP contribution in [0.5, 0.6) is 0 Å². The maximum Gasteiger partial charge on any atom is 0.390 e. The summed E-state index contributed by atoms with van der Waals surface area (Å²) in [6.07, 6.45) is -5.02. The lowest BCUT2D eigenvalue weighted by Gasteiger charge is -2.08. The van der Waals surface area contributed by atoms with Crippen LogP contribution in [0.25, 0.3) is 0 Å². The molecular weight excluding hydrogens is 222 g/mol. The topological polar surface area (TPSA) is 12.0 Å². The summed E-state index contributed by atoms with van der Waals surface area (Å²) in [4.78, 5) is 0. The molecule has 1 nitrogen and oxygen atoms in total. The Morgan fingerprint density at radius 1 is 1.25 bits per heavy atom. The number of alkyl halides is 3. The van der Waals surface area contributed by atoms with Gasteiger partial charge in [-0.05, 0) is 24.1 Å². The second-order valence-electron chi connectivity index (χ2n) is 3.63. The Bertz CT molecular complexity index is 346. The van der Waals surface area contributed by atoms with Crippen LogP contribution in [-0.2, 0) is 6.54 Å². The highest BCUT2D eigenvalue weighted by atomic mass is 19.4. The number of benzene rings is 1. The first-order valence-corrected chi connectivity index (χ1v) is 4.91. The van der Waals surface area contributed by atoms with Crippen LogP contribution in [0.2, 0.25) is 0 Å². The third kappa shape index (κ3) is 4.61. The van der Waals surface area contributed by atoms with Gasteiger partial charge in [-0.15, -0.1) is 0 Å². The highest BCUT2D eigenvalue weighted by Gasteiger charge is 2.25. The molecule has 0 atom stereocenters. The predicted octanol–water partition coefficient (Wildman–Crippen LogP) is 3.18. The first-order valence-electron chi connectivity index (χ1n) is 4.91. The fraction of sp³-hybridized carbons (Fsp3) is 0.455. The van der Waals surface area contributed by atoms with E-state index >= 15 is 0 Å². The van der Waals surface area contributed by atoms with Gasteiger partial charge in [0.1, 0.15) is 5.82 Å². The van der Waals surface area contributed by atoms with Gasteiger partial charge >= 0.3 is 6.18 Å². The van der Waals surface area contributed by atoms with E-state index in [-0.39, 0.29) is 18.9 Å². The third-order valence-electron chi connectivity index (χ3n) is 2.15. The van der Waals surface area contributed by atoms with E-state index < -0.39 is 12.6 Å². The van der Waals surface area contributed by atoms with Gasteiger partial charge in [-0.1, -0.05) is 12.1 Å². The summed E-state index contributed by atoms with van der Waals surface area (Å²) in [6.45, 7) is 1.72. The van der Waals surface area contributed by atoms with Crippen molar-refractivity contribution in [3.63, 3.8) is 0 Å². The number of nitrogens with one attached hydrogen (secondary N) is 1. The average molecular weight is 235 g/mol. The molecule has 0 saturated carbocycles.